The fourth-order valence-electron chi connectivity index (χ4n) is 2.91. The standard InChI is InChI=1S/C25H36O2S/c1-5-7-14-23(27)15-11-13-22(21(4)26)18-19-24(16-8-6-2)28-25-17-10-9-12-20(25)3/h9-12,15-17,22H,5-8,13-14,18-19H2,1-4H3/b15-11-,24-16+. The van der Waals surface area contributed by atoms with Crippen molar-refractivity contribution < 1.29 is 9.59 Å². The van der Waals surface area contributed by atoms with Crippen molar-refractivity contribution >= 4 is 23.3 Å². The Hall–Kier alpha value is -1.61. The molecule has 0 aromatic heterocycles. The molecule has 28 heavy (non-hydrogen) atoms. The Labute approximate surface area is 175 Å². The summed E-state index contributed by atoms with van der Waals surface area (Å²) < 4.78 is 0. The number of benzene rings is 1. The largest absolute Gasteiger partial charge is 0.300 e. The maximum Gasteiger partial charge on any atom is 0.155 e. The van der Waals surface area contributed by atoms with Gasteiger partial charge < -0.3 is 0 Å². The van der Waals surface area contributed by atoms with E-state index in [1.54, 1.807) is 13.0 Å². The van der Waals surface area contributed by atoms with E-state index in [9.17, 15) is 9.59 Å². The summed E-state index contributed by atoms with van der Waals surface area (Å²) in [6.45, 7) is 8.08. The minimum atomic E-state index is -0.0160. The highest BCUT2D eigenvalue weighted by Crippen LogP contribution is 2.33. The van der Waals surface area contributed by atoms with Crippen molar-refractivity contribution in [1.82, 2.24) is 0 Å². The average molecular weight is 401 g/mol. The molecule has 1 aromatic rings. The van der Waals surface area contributed by atoms with Crippen LogP contribution in [0.4, 0.5) is 0 Å². The fourth-order valence-corrected chi connectivity index (χ4v) is 3.99. The quantitative estimate of drug-likeness (QED) is 0.240. The lowest BCUT2D eigenvalue weighted by molar-refractivity contribution is -0.121. The number of rotatable bonds is 14. The zero-order chi connectivity index (χ0) is 20.8. The first-order chi connectivity index (χ1) is 13.5. The lowest BCUT2D eigenvalue weighted by Gasteiger charge is -2.14. The van der Waals surface area contributed by atoms with Gasteiger partial charge in [-0.3, -0.25) is 9.59 Å². The Balaban J connectivity index is 2.68. The van der Waals surface area contributed by atoms with Crippen LogP contribution in [0.2, 0.25) is 0 Å². The fraction of sp³-hybridized carbons (Fsp3) is 0.520. The van der Waals surface area contributed by atoms with Crippen LogP contribution in [0.15, 0.2) is 52.3 Å². The van der Waals surface area contributed by atoms with Crippen molar-refractivity contribution in [3.63, 3.8) is 0 Å². The van der Waals surface area contributed by atoms with E-state index in [0.717, 1.165) is 38.5 Å². The van der Waals surface area contributed by atoms with E-state index in [1.165, 1.54) is 15.4 Å². The Morgan fingerprint density at radius 2 is 1.86 bits per heavy atom. The molecule has 0 aliphatic heterocycles. The minimum absolute atomic E-state index is 0.0160. The molecular formula is C25H36O2S. The van der Waals surface area contributed by atoms with E-state index in [0.29, 0.717) is 12.8 Å². The average Bonchev–Trinajstić information content (AvgIpc) is 2.67. The summed E-state index contributed by atoms with van der Waals surface area (Å²) in [6, 6.07) is 8.44. The van der Waals surface area contributed by atoms with E-state index < -0.39 is 0 Å². The second-order valence-corrected chi connectivity index (χ2v) is 8.55. The third-order valence-corrected chi connectivity index (χ3v) is 6.12. The number of hydrogen-bond donors (Lipinski definition) is 0. The van der Waals surface area contributed by atoms with Gasteiger partial charge in [0.25, 0.3) is 0 Å². The monoisotopic (exact) mass is 400 g/mol. The van der Waals surface area contributed by atoms with Crippen LogP contribution in [0, 0.1) is 12.8 Å². The molecule has 1 unspecified atom stereocenters. The highest BCUT2D eigenvalue weighted by molar-refractivity contribution is 8.03. The molecule has 0 aliphatic rings. The molecule has 0 saturated heterocycles. The van der Waals surface area contributed by atoms with Crippen LogP contribution in [0.3, 0.4) is 0 Å². The molecule has 3 heteroatoms. The van der Waals surface area contributed by atoms with E-state index in [2.05, 4.69) is 51.1 Å². The third-order valence-electron chi connectivity index (χ3n) is 4.81. The Morgan fingerprint density at radius 3 is 2.50 bits per heavy atom. The first-order valence-corrected chi connectivity index (χ1v) is 11.4. The zero-order valence-electron chi connectivity index (χ0n) is 18.0. The third kappa shape index (κ3) is 10.1. The van der Waals surface area contributed by atoms with Gasteiger partial charge in [-0.2, -0.15) is 0 Å². The van der Waals surface area contributed by atoms with E-state index in [-0.39, 0.29) is 17.5 Å². The Bertz CT molecular complexity index is 673. The molecule has 1 rings (SSSR count). The molecule has 0 aliphatic carbocycles. The highest BCUT2D eigenvalue weighted by atomic mass is 32.2. The second kappa shape index (κ2) is 14.4. The summed E-state index contributed by atoms with van der Waals surface area (Å²) in [5.41, 5.74) is 1.28. The van der Waals surface area contributed by atoms with Crippen LogP contribution in [0.5, 0.6) is 0 Å². The second-order valence-electron chi connectivity index (χ2n) is 7.38. The molecular weight excluding hydrogens is 364 g/mol. The van der Waals surface area contributed by atoms with E-state index >= 15 is 0 Å². The SMILES string of the molecule is CCC/C=C(\CCC(C/C=C\C(=O)CCCC)C(C)=O)Sc1ccccc1C. The van der Waals surface area contributed by atoms with Crippen LogP contribution in [-0.4, -0.2) is 11.6 Å². The highest BCUT2D eigenvalue weighted by Gasteiger charge is 2.14. The molecule has 0 N–H and O–H groups in total. The number of hydrogen-bond acceptors (Lipinski definition) is 3. The van der Waals surface area contributed by atoms with Gasteiger partial charge in [-0.1, -0.05) is 68.8 Å². The van der Waals surface area contributed by atoms with Gasteiger partial charge >= 0.3 is 0 Å². The molecule has 1 atom stereocenters. The number of carbonyl (C=O) groups is 2. The predicted molar refractivity (Wildman–Crippen MR) is 122 cm³/mol. The molecule has 0 fully saturated rings. The summed E-state index contributed by atoms with van der Waals surface area (Å²) in [5.74, 6) is 0.363. The van der Waals surface area contributed by atoms with Gasteiger partial charge in [0.15, 0.2) is 5.78 Å². The van der Waals surface area contributed by atoms with Crippen molar-refractivity contribution in [2.45, 2.75) is 84.0 Å². The van der Waals surface area contributed by atoms with E-state index in [4.69, 9.17) is 0 Å². The van der Waals surface area contributed by atoms with Crippen molar-refractivity contribution in [2.75, 3.05) is 0 Å². The molecule has 0 heterocycles. The summed E-state index contributed by atoms with van der Waals surface area (Å²) in [5, 5.41) is 0. The van der Waals surface area contributed by atoms with Crippen molar-refractivity contribution in [1.29, 1.82) is 0 Å². The summed E-state index contributed by atoms with van der Waals surface area (Å²) in [6.07, 6.45) is 13.0. The van der Waals surface area contributed by atoms with Crippen LogP contribution >= 0.6 is 11.8 Å². The number of unbranched alkanes of at least 4 members (excludes halogenated alkanes) is 2. The van der Waals surface area contributed by atoms with Gasteiger partial charge in [0.1, 0.15) is 5.78 Å². The van der Waals surface area contributed by atoms with Crippen LogP contribution < -0.4 is 0 Å². The summed E-state index contributed by atoms with van der Waals surface area (Å²) in [7, 11) is 0. The molecule has 0 radical (unpaired) electrons. The molecule has 154 valence electrons. The molecule has 0 saturated carbocycles. The maximum atomic E-state index is 12.1. The predicted octanol–water partition coefficient (Wildman–Crippen LogP) is 7.46. The molecule has 0 spiro atoms. The van der Waals surface area contributed by atoms with Gasteiger partial charge in [-0.25, -0.2) is 0 Å². The van der Waals surface area contributed by atoms with Crippen LogP contribution in [0.1, 0.15) is 77.7 Å². The number of Topliss-reactive ketones (excluding diaryl/α,β-unsaturated/α-hetero) is 1. The van der Waals surface area contributed by atoms with Gasteiger partial charge in [0.2, 0.25) is 0 Å². The van der Waals surface area contributed by atoms with Crippen LogP contribution in [0.25, 0.3) is 0 Å². The van der Waals surface area contributed by atoms with E-state index in [1.807, 2.05) is 17.8 Å². The topological polar surface area (TPSA) is 34.1 Å². The van der Waals surface area contributed by atoms with Crippen LogP contribution in [-0.2, 0) is 9.59 Å². The lowest BCUT2D eigenvalue weighted by Crippen LogP contribution is -2.10. The number of ketones is 2. The summed E-state index contributed by atoms with van der Waals surface area (Å²) in [4.78, 5) is 26.5. The molecule has 0 amide bonds. The molecule has 1 aromatic carbocycles. The Kier molecular flexibility index (Phi) is 12.6. The van der Waals surface area contributed by atoms with Crippen molar-refractivity contribution in [3.05, 3.63) is 53.0 Å². The lowest BCUT2D eigenvalue weighted by atomic mass is 9.94. The first kappa shape index (κ1) is 24.4. The van der Waals surface area contributed by atoms with Crippen molar-refractivity contribution in [2.24, 2.45) is 5.92 Å². The Morgan fingerprint density at radius 1 is 1.11 bits per heavy atom. The molecule has 2 nitrogen and oxygen atoms in total. The normalized spacial score (nSPS) is 13.1. The smallest absolute Gasteiger partial charge is 0.155 e. The maximum absolute atomic E-state index is 12.1. The van der Waals surface area contributed by atoms with Gasteiger partial charge in [0, 0.05) is 17.2 Å². The first-order valence-electron chi connectivity index (χ1n) is 10.6. The van der Waals surface area contributed by atoms with Crippen molar-refractivity contribution in [3.8, 4) is 0 Å². The van der Waals surface area contributed by atoms with Gasteiger partial charge in [0.05, 0.1) is 0 Å². The molecule has 0 bridgehead atoms. The zero-order valence-corrected chi connectivity index (χ0v) is 18.8. The number of carbonyl (C=O) groups excluding carboxylic acids is 2. The van der Waals surface area contributed by atoms with Gasteiger partial charge in [-0.05, 0) is 68.6 Å². The number of thioether (sulfide) groups is 1. The minimum Gasteiger partial charge on any atom is -0.300 e. The number of aryl methyl sites for hydroxylation is 1. The number of allylic oxidation sites excluding steroid dienone is 4. The van der Waals surface area contributed by atoms with Gasteiger partial charge in [-0.15, -0.1) is 0 Å². The summed E-state index contributed by atoms with van der Waals surface area (Å²) >= 11 is 1.82.